The van der Waals surface area contributed by atoms with Crippen molar-refractivity contribution in [3.63, 3.8) is 0 Å². The number of ether oxygens (including phenoxy) is 1. The molecular weight excluding hydrogens is 362 g/mol. The molecule has 1 spiro atoms. The summed E-state index contributed by atoms with van der Waals surface area (Å²) in [4.78, 5) is 9.53. The molecule has 3 heterocycles. The van der Waals surface area contributed by atoms with Crippen LogP contribution < -0.4 is 11.5 Å². The van der Waals surface area contributed by atoms with E-state index in [1.54, 1.807) is 0 Å². The maximum atomic E-state index is 6.59. The molecule has 1 unspecified atom stereocenters. The maximum Gasteiger partial charge on any atom is 0.152 e. The number of hydrogen-bond acceptors (Lipinski definition) is 5. The largest absolute Gasteiger partial charge is 0.382 e. The summed E-state index contributed by atoms with van der Waals surface area (Å²) >= 11 is 0. The van der Waals surface area contributed by atoms with Crippen molar-refractivity contribution in [2.45, 2.75) is 70.1 Å². The molecule has 1 saturated carbocycles. The second-order valence-corrected chi connectivity index (χ2v) is 8.93. The monoisotopic (exact) mass is 393 g/mol. The number of imidazole rings is 1. The lowest BCUT2D eigenvalue weighted by molar-refractivity contribution is -0.120. The van der Waals surface area contributed by atoms with Gasteiger partial charge in [0, 0.05) is 11.8 Å². The van der Waals surface area contributed by atoms with Crippen LogP contribution in [-0.4, -0.2) is 32.8 Å². The molecule has 29 heavy (non-hydrogen) atoms. The van der Waals surface area contributed by atoms with E-state index in [0.29, 0.717) is 11.7 Å². The van der Waals surface area contributed by atoms with E-state index < -0.39 is 0 Å². The van der Waals surface area contributed by atoms with Gasteiger partial charge in [0.1, 0.15) is 11.3 Å². The fraction of sp³-hybridized carbons (Fsp3) is 0.565. The summed E-state index contributed by atoms with van der Waals surface area (Å²) in [5.74, 6) is 2.26. The van der Waals surface area contributed by atoms with E-state index in [2.05, 4.69) is 28.6 Å². The number of anilines is 1. The first-order valence-electron chi connectivity index (χ1n) is 11.0. The van der Waals surface area contributed by atoms with Crippen LogP contribution in [0, 0.1) is 5.92 Å². The molecule has 6 nitrogen and oxygen atoms in total. The molecule has 0 bridgehead atoms. The highest BCUT2D eigenvalue weighted by Crippen LogP contribution is 2.49. The molecule has 2 fully saturated rings. The Balaban J connectivity index is 1.53. The average Bonchev–Trinajstić information content (AvgIpc) is 3.28. The van der Waals surface area contributed by atoms with Crippen LogP contribution in [0.2, 0.25) is 0 Å². The van der Waals surface area contributed by atoms with Gasteiger partial charge in [0.2, 0.25) is 0 Å². The van der Waals surface area contributed by atoms with E-state index in [0.717, 1.165) is 85.8 Å². The lowest BCUT2D eigenvalue weighted by Crippen LogP contribution is -2.46. The highest BCUT2D eigenvalue weighted by atomic mass is 16.5. The minimum absolute atomic E-state index is 0.0807. The zero-order valence-corrected chi connectivity index (χ0v) is 17.2. The summed E-state index contributed by atoms with van der Waals surface area (Å²) < 4.78 is 8.96. The number of nitrogen functional groups attached to an aromatic ring is 1. The number of fused-ring (bicyclic) bond motifs is 3. The Morgan fingerprint density at radius 1 is 1.24 bits per heavy atom. The molecule has 1 atom stereocenters. The van der Waals surface area contributed by atoms with Gasteiger partial charge in [0.15, 0.2) is 5.82 Å². The topological polar surface area (TPSA) is 92.0 Å². The summed E-state index contributed by atoms with van der Waals surface area (Å²) in [5, 5.41) is 1.12. The van der Waals surface area contributed by atoms with Crippen molar-refractivity contribution >= 4 is 27.8 Å². The first-order valence-corrected chi connectivity index (χ1v) is 11.0. The number of benzene rings is 1. The summed E-state index contributed by atoms with van der Waals surface area (Å²) in [6, 6.07) is 8.22. The molecule has 2 aliphatic rings. The summed E-state index contributed by atoms with van der Waals surface area (Å²) in [6.07, 6.45) is 7.91. The molecule has 154 valence electrons. The first-order chi connectivity index (χ1) is 14.1. The molecule has 1 aliphatic carbocycles. The van der Waals surface area contributed by atoms with Crippen molar-refractivity contribution in [1.82, 2.24) is 14.5 Å². The molecule has 1 aromatic carbocycles. The molecule has 2 aromatic heterocycles. The predicted molar refractivity (Wildman–Crippen MR) is 117 cm³/mol. The third kappa shape index (κ3) is 3.19. The molecule has 1 saturated heterocycles. The van der Waals surface area contributed by atoms with E-state index in [1.807, 2.05) is 12.1 Å². The molecule has 0 amide bonds. The lowest BCUT2D eigenvalue weighted by atomic mass is 9.69. The van der Waals surface area contributed by atoms with E-state index in [9.17, 15) is 0 Å². The van der Waals surface area contributed by atoms with Crippen LogP contribution >= 0.6 is 0 Å². The van der Waals surface area contributed by atoms with Gasteiger partial charge >= 0.3 is 0 Å². The van der Waals surface area contributed by atoms with E-state index in [4.69, 9.17) is 21.2 Å². The zero-order chi connectivity index (χ0) is 20.0. The van der Waals surface area contributed by atoms with Crippen molar-refractivity contribution in [2.75, 3.05) is 12.3 Å². The van der Waals surface area contributed by atoms with Gasteiger partial charge in [-0.3, -0.25) is 0 Å². The number of nitrogens with zero attached hydrogens (tertiary/aromatic N) is 3. The fourth-order valence-electron chi connectivity index (χ4n) is 5.31. The molecule has 4 N–H and O–H groups in total. The normalized spacial score (nSPS) is 26.6. The van der Waals surface area contributed by atoms with Gasteiger partial charge < -0.3 is 20.8 Å². The zero-order valence-electron chi connectivity index (χ0n) is 17.2. The molecular formula is C23H31N5O. The highest BCUT2D eigenvalue weighted by Gasteiger charge is 2.49. The summed E-state index contributed by atoms with van der Waals surface area (Å²) in [5.41, 5.74) is 15.1. The minimum atomic E-state index is 0.0807. The number of aromatic nitrogens is 3. The van der Waals surface area contributed by atoms with Gasteiger partial charge in [-0.15, -0.1) is 0 Å². The van der Waals surface area contributed by atoms with Crippen LogP contribution in [0.1, 0.15) is 51.3 Å². The quantitative estimate of drug-likeness (QED) is 0.665. The fourth-order valence-corrected chi connectivity index (χ4v) is 5.31. The smallest absolute Gasteiger partial charge is 0.152 e. The number of nitrogens with two attached hydrogens (primary N) is 2. The third-order valence-electron chi connectivity index (χ3n) is 6.82. The first kappa shape index (κ1) is 18.8. The average molecular weight is 394 g/mol. The number of unbranched alkanes of at least 4 members (excludes halogenated alkanes) is 1. The number of aryl methyl sites for hydroxylation is 1. The van der Waals surface area contributed by atoms with Crippen LogP contribution in [0.4, 0.5) is 5.82 Å². The van der Waals surface area contributed by atoms with E-state index in [-0.39, 0.29) is 11.7 Å². The van der Waals surface area contributed by atoms with Crippen LogP contribution in [0.25, 0.3) is 21.9 Å². The van der Waals surface area contributed by atoms with Gasteiger partial charge in [0.25, 0.3) is 0 Å². The Hall–Kier alpha value is -2.18. The SMILES string of the molecule is CCCCc1nc2c(N)nc3ccccc3c2n1CC1CCC2(CC(CN)C2)O1. The third-order valence-corrected chi connectivity index (χ3v) is 6.82. The summed E-state index contributed by atoms with van der Waals surface area (Å²) in [6.45, 7) is 3.83. The van der Waals surface area contributed by atoms with Gasteiger partial charge in [-0.25, -0.2) is 9.97 Å². The Bertz CT molecular complexity index is 1040. The Labute approximate surface area is 171 Å². The lowest BCUT2D eigenvalue weighted by Gasteiger charge is -2.44. The number of para-hydroxylation sites is 1. The van der Waals surface area contributed by atoms with Crippen LogP contribution in [0.3, 0.4) is 0 Å². The second-order valence-electron chi connectivity index (χ2n) is 8.93. The van der Waals surface area contributed by atoms with Gasteiger partial charge in [0.05, 0.1) is 29.3 Å². The van der Waals surface area contributed by atoms with Crippen molar-refractivity contribution in [3.8, 4) is 0 Å². The van der Waals surface area contributed by atoms with E-state index in [1.165, 1.54) is 0 Å². The van der Waals surface area contributed by atoms with Crippen molar-refractivity contribution in [1.29, 1.82) is 0 Å². The summed E-state index contributed by atoms with van der Waals surface area (Å²) in [7, 11) is 0. The number of pyridine rings is 1. The molecule has 6 heteroatoms. The maximum absolute atomic E-state index is 6.59. The number of rotatable bonds is 6. The standard InChI is InChI=1S/C23H31N5O/c1-2-3-8-19-27-20-21(17-6-4-5-7-18(17)26-22(20)25)28(19)14-16-9-10-23(29-16)11-15(12-23)13-24/h4-7,15-16H,2-3,8-14,24H2,1H3,(H2,25,26). The Kier molecular flexibility index (Phi) is 4.71. The molecule has 5 rings (SSSR count). The van der Waals surface area contributed by atoms with Crippen molar-refractivity contribution in [3.05, 3.63) is 30.1 Å². The van der Waals surface area contributed by atoms with Crippen molar-refractivity contribution in [2.24, 2.45) is 11.7 Å². The number of hydrogen-bond donors (Lipinski definition) is 2. The molecule has 1 aliphatic heterocycles. The molecule has 0 radical (unpaired) electrons. The van der Waals surface area contributed by atoms with E-state index >= 15 is 0 Å². The minimum Gasteiger partial charge on any atom is -0.382 e. The van der Waals surface area contributed by atoms with Gasteiger partial charge in [-0.2, -0.15) is 0 Å². The van der Waals surface area contributed by atoms with Crippen LogP contribution in [-0.2, 0) is 17.7 Å². The molecule has 3 aromatic rings. The van der Waals surface area contributed by atoms with Crippen LogP contribution in [0.15, 0.2) is 24.3 Å². The second kappa shape index (κ2) is 7.26. The van der Waals surface area contributed by atoms with Gasteiger partial charge in [-0.05, 0) is 50.6 Å². The predicted octanol–water partition coefficient (Wildman–Crippen LogP) is 3.80. The van der Waals surface area contributed by atoms with Crippen LogP contribution in [0.5, 0.6) is 0 Å². The highest BCUT2D eigenvalue weighted by molar-refractivity contribution is 6.06. The Morgan fingerprint density at radius 3 is 2.86 bits per heavy atom. The Morgan fingerprint density at radius 2 is 2.07 bits per heavy atom. The van der Waals surface area contributed by atoms with Gasteiger partial charge in [-0.1, -0.05) is 31.5 Å². The van der Waals surface area contributed by atoms with Crippen molar-refractivity contribution < 1.29 is 4.74 Å².